The first-order valence-corrected chi connectivity index (χ1v) is 6.62. The highest BCUT2D eigenvalue weighted by Crippen LogP contribution is 2.31. The Balaban J connectivity index is 2.01. The van der Waals surface area contributed by atoms with E-state index in [4.69, 9.17) is 5.73 Å². The molecule has 19 heavy (non-hydrogen) atoms. The largest absolute Gasteiger partial charge is 0.393 e. The Morgan fingerprint density at radius 2 is 2.00 bits per heavy atom. The Morgan fingerprint density at radius 3 is 2.53 bits per heavy atom. The lowest BCUT2D eigenvalue weighted by molar-refractivity contribution is -0.383. The Hall–Kier alpha value is -1.62. The Morgan fingerprint density at radius 1 is 1.37 bits per heavy atom. The summed E-state index contributed by atoms with van der Waals surface area (Å²) in [5.41, 5.74) is 7.43. The molecule has 1 heterocycles. The van der Waals surface area contributed by atoms with Gasteiger partial charge in [0.15, 0.2) is 0 Å². The fraction of sp³-hybridized carbons (Fsp3) is 0.571. The summed E-state index contributed by atoms with van der Waals surface area (Å²) in [6.07, 6.45) is 2.38. The zero-order chi connectivity index (χ0) is 14.0. The third-order valence-corrected chi connectivity index (χ3v) is 3.90. The van der Waals surface area contributed by atoms with E-state index in [1.807, 2.05) is 0 Å². The summed E-state index contributed by atoms with van der Waals surface area (Å²) in [4.78, 5) is 12.6. The fourth-order valence-electron chi connectivity index (χ4n) is 2.44. The van der Waals surface area contributed by atoms with Gasteiger partial charge in [0.2, 0.25) is 0 Å². The van der Waals surface area contributed by atoms with Crippen LogP contribution in [-0.4, -0.2) is 22.9 Å². The molecule has 0 bridgehead atoms. The number of nitrogens with two attached hydrogens (primary N) is 1. The van der Waals surface area contributed by atoms with Gasteiger partial charge >= 0.3 is 0 Å². The smallest absolute Gasteiger partial charge is 0.292 e. The number of rotatable bonds is 3. The number of anilines is 1. The number of hydrogen-bond donors (Lipinski definition) is 1. The van der Waals surface area contributed by atoms with Crippen molar-refractivity contribution in [3.63, 3.8) is 0 Å². The zero-order valence-electron chi connectivity index (χ0n) is 11.6. The third kappa shape index (κ3) is 3.44. The number of nitro groups is 1. The van der Waals surface area contributed by atoms with Crippen molar-refractivity contribution < 1.29 is 4.92 Å². The molecule has 5 heteroatoms. The summed E-state index contributed by atoms with van der Waals surface area (Å²) in [6, 6.07) is 5.02. The molecule has 0 saturated carbocycles. The summed E-state index contributed by atoms with van der Waals surface area (Å²) >= 11 is 0. The van der Waals surface area contributed by atoms with Gasteiger partial charge in [-0.25, -0.2) is 0 Å². The van der Waals surface area contributed by atoms with E-state index in [9.17, 15) is 10.1 Å². The number of nitro benzene ring substituents is 1. The van der Waals surface area contributed by atoms with Gasteiger partial charge in [-0.2, -0.15) is 0 Å². The van der Waals surface area contributed by atoms with Crippen LogP contribution in [0.5, 0.6) is 0 Å². The average molecular weight is 263 g/mol. The Bertz CT molecular complexity index is 476. The second kappa shape index (κ2) is 5.17. The van der Waals surface area contributed by atoms with Crippen molar-refractivity contribution in [3.8, 4) is 0 Å². The fourth-order valence-corrected chi connectivity index (χ4v) is 2.44. The molecule has 2 rings (SSSR count). The van der Waals surface area contributed by atoms with Crippen LogP contribution in [0.25, 0.3) is 0 Å². The second-order valence-corrected chi connectivity index (χ2v) is 6.09. The van der Waals surface area contributed by atoms with Gasteiger partial charge in [-0.1, -0.05) is 19.9 Å². The number of piperidine rings is 1. The first-order chi connectivity index (χ1) is 8.87. The van der Waals surface area contributed by atoms with Crippen molar-refractivity contribution in [2.45, 2.75) is 33.2 Å². The number of likely N-dealkylation sites (tertiary alicyclic amines) is 1. The van der Waals surface area contributed by atoms with Crippen LogP contribution in [0, 0.1) is 15.5 Å². The predicted octanol–water partition coefficient (Wildman–Crippen LogP) is 2.80. The molecule has 0 unspecified atom stereocenters. The molecule has 1 aliphatic heterocycles. The molecule has 1 aromatic rings. The van der Waals surface area contributed by atoms with Gasteiger partial charge in [0.25, 0.3) is 5.69 Å². The standard InChI is InChI=1S/C14H21N3O2/c1-14(2)5-7-16(8-6-14)10-11-3-4-13(17(18)19)12(15)9-11/h3-4,9H,5-8,10,15H2,1-2H3. The molecule has 2 N–H and O–H groups in total. The minimum absolute atomic E-state index is 0.0106. The van der Waals surface area contributed by atoms with Gasteiger partial charge in [-0.3, -0.25) is 15.0 Å². The quantitative estimate of drug-likeness (QED) is 0.517. The van der Waals surface area contributed by atoms with Crippen LogP contribution in [0.1, 0.15) is 32.3 Å². The molecular weight excluding hydrogens is 242 g/mol. The molecule has 0 amide bonds. The second-order valence-electron chi connectivity index (χ2n) is 6.09. The lowest BCUT2D eigenvalue weighted by Crippen LogP contribution is -2.36. The van der Waals surface area contributed by atoms with E-state index in [2.05, 4.69) is 18.7 Å². The van der Waals surface area contributed by atoms with Gasteiger partial charge in [0.1, 0.15) is 5.69 Å². The van der Waals surface area contributed by atoms with Crippen molar-refractivity contribution >= 4 is 11.4 Å². The van der Waals surface area contributed by atoms with Gasteiger partial charge in [-0.05, 0) is 43.0 Å². The SMILES string of the molecule is CC1(C)CCN(Cc2ccc([N+](=O)[O-])c(N)c2)CC1. The van der Waals surface area contributed by atoms with Crippen molar-refractivity contribution in [2.24, 2.45) is 5.41 Å². The zero-order valence-corrected chi connectivity index (χ0v) is 11.6. The molecule has 0 atom stereocenters. The summed E-state index contributed by atoms with van der Waals surface area (Å²) in [5, 5.41) is 10.7. The number of hydrogen-bond acceptors (Lipinski definition) is 4. The third-order valence-electron chi connectivity index (χ3n) is 3.90. The van der Waals surface area contributed by atoms with E-state index in [-0.39, 0.29) is 11.4 Å². The Labute approximate surface area is 113 Å². The first-order valence-electron chi connectivity index (χ1n) is 6.62. The van der Waals surface area contributed by atoms with Gasteiger partial charge in [-0.15, -0.1) is 0 Å². The summed E-state index contributed by atoms with van der Waals surface area (Å²) in [7, 11) is 0. The Kier molecular flexibility index (Phi) is 3.75. The maximum atomic E-state index is 10.7. The van der Waals surface area contributed by atoms with Crippen LogP contribution in [0.2, 0.25) is 0 Å². The molecule has 0 radical (unpaired) electrons. The van der Waals surface area contributed by atoms with Crippen LogP contribution in [0.3, 0.4) is 0 Å². The van der Waals surface area contributed by atoms with E-state index >= 15 is 0 Å². The van der Waals surface area contributed by atoms with Crippen LogP contribution in [-0.2, 0) is 6.54 Å². The van der Waals surface area contributed by atoms with E-state index in [1.54, 1.807) is 12.1 Å². The first kappa shape index (κ1) is 13.8. The maximum absolute atomic E-state index is 10.7. The molecule has 1 fully saturated rings. The molecule has 1 saturated heterocycles. The average Bonchev–Trinajstić information content (AvgIpc) is 2.31. The molecule has 0 aromatic heterocycles. The van der Waals surface area contributed by atoms with E-state index < -0.39 is 4.92 Å². The van der Waals surface area contributed by atoms with Gasteiger partial charge in [0, 0.05) is 12.6 Å². The van der Waals surface area contributed by atoms with Gasteiger partial charge in [0.05, 0.1) is 4.92 Å². The molecular formula is C14H21N3O2. The molecule has 1 aliphatic rings. The number of nitrogens with zero attached hydrogens (tertiary/aromatic N) is 2. The van der Waals surface area contributed by atoms with E-state index in [0.717, 1.165) is 25.2 Å². The highest BCUT2D eigenvalue weighted by molar-refractivity contribution is 5.59. The normalized spacial score (nSPS) is 19.3. The summed E-state index contributed by atoms with van der Waals surface area (Å²) in [5.74, 6) is 0. The van der Waals surface area contributed by atoms with E-state index in [0.29, 0.717) is 5.41 Å². The highest BCUT2D eigenvalue weighted by atomic mass is 16.6. The molecule has 0 spiro atoms. The minimum Gasteiger partial charge on any atom is -0.393 e. The van der Waals surface area contributed by atoms with Crippen molar-refractivity contribution in [1.29, 1.82) is 0 Å². The van der Waals surface area contributed by atoms with Crippen LogP contribution >= 0.6 is 0 Å². The number of nitrogen functional groups attached to an aromatic ring is 1. The molecule has 1 aromatic carbocycles. The van der Waals surface area contributed by atoms with Crippen LogP contribution < -0.4 is 5.73 Å². The van der Waals surface area contributed by atoms with Crippen molar-refractivity contribution in [2.75, 3.05) is 18.8 Å². The monoisotopic (exact) mass is 263 g/mol. The van der Waals surface area contributed by atoms with Crippen LogP contribution in [0.4, 0.5) is 11.4 Å². The topological polar surface area (TPSA) is 72.4 Å². The summed E-state index contributed by atoms with van der Waals surface area (Å²) in [6.45, 7) is 7.56. The van der Waals surface area contributed by atoms with Crippen molar-refractivity contribution in [3.05, 3.63) is 33.9 Å². The predicted molar refractivity (Wildman–Crippen MR) is 75.8 cm³/mol. The highest BCUT2D eigenvalue weighted by Gasteiger charge is 2.25. The van der Waals surface area contributed by atoms with E-state index in [1.165, 1.54) is 18.9 Å². The van der Waals surface area contributed by atoms with Gasteiger partial charge < -0.3 is 5.73 Å². The van der Waals surface area contributed by atoms with Crippen LogP contribution in [0.15, 0.2) is 18.2 Å². The molecule has 0 aliphatic carbocycles. The lowest BCUT2D eigenvalue weighted by Gasteiger charge is -2.36. The molecule has 5 nitrogen and oxygen atoms in total. The molecule has 104 valence electrons. The minimum atomic E-state index is -0.442. The summed E-state index contributed by atoms with van der Waals surface area (Å²) < 4.78 is 0. The maximum Gasteiger partial charge on any atom is 0.292 e. The van der Waals surface area contributed by atoms with Crippen molar-refractivity contribution in [1.82, 2.24) is 4.90 Å². The number of benzene rings is 1. The lowest BCUT2D eigenvalue weighted by atomic mass is 9.82.